The second-order valence-electron chi connectivity index (χ2n) is 4.28. The van der Waals surface area contributed by atoms with Gasteiger partial charge in [0.05, 0.1) is 12.1 Å². The third-order valence-corrected chi connectivity index (χ3v) is 2.82. The lowest BCUT2D eigenvalue weighted by atomic mass is 10.0. The molecule has 0 aliphatic carbocycles. The summed E-state index contributed by atoms with van der Waals surface area (Å²) < 4.78 is 1.76. The smallest absolute Gasteiger partial charge is 0.307 e. The summed E-state index contributed by atoms with van der Waals surface area (Å²) in [4.78, 5) is 22.0. The molecule has 0 saturated heterocycles. The predicted octanol–water partition coefficient (Wildman–Crippen LogP) is 1.11. The van der Waals surface area contributed by atoms with Crippen molar-refractivity contribution >= 4 is 11.7 Å². The molecule has 5 nitrogen and oxygen atoms in total. The molecular weight excluding hydrogens is 244 g/mol. The molecule has 5 heteroatoms. The summed E-state index contributed by atoms with van der Waals surface area (Å²) in [5.41, 5.74) is 7.18. The van der Waals surface area contributed by atoms with E-state index in [-0.39, 0.29) is 17.5 Å². The number of pyridine rings is 1. The zero-order chi connectivity index (χ0) is 13.8. The van der Waals surface area contributed by atoms with Crippen LogP contribution in [0.5, 0.6) is 0 Å². The maximum Gasteiger partial charge on any atom is 0.307 e. The van der Waals surface area contributed by atoms with Crippen LogP contribution in [-0.2, 0) is 17.8 Å². The van der Waals surface area contributed by atoms with Crippen LogP contribution < -0.4 is 11.2 Å². The highest BCUT2D eigenvalue weighted by Crippen LogP contribution is 2.11. The number of carboxylic acid groups (broad SMARTS) is 1. The average Bonchev–Trinajstić information content (AvgIpc) is 2.36. The second kappa shape index (κ2) is 5.39. The Morgan fingerprint density at radius 1 is 1.21 bits per heavy atom. The number of aliphatic carboxylic acids is 1. The highest BCUT2D eigenvalue weighted by molar-refractivity contribution is 5.70. The van der Waals surface area contributed by atoms with Crippen LogP contribution in [0.1, 0.15) is 11.1 Å². The van der Waals surface area contributed by atoms with Crippen molar-refractivity contribution in [3.8, 4) is 0 Å². The van der Waals surface area contributed by atoms with Crippen molar-refractivity contribution in [3.05, 3.63) is 64.1 Å². The van der Waals surface area contributed by atoms with Crippen LogP contribution in [0.15, 0.2) is 47.5 Å². The van der Waals surface area contributed by atoms with Crippen LogP contribution in [0, 0.1) is 0 Å². The number of rotatable bonds is 4. The van der Waals surface area contributed by atoms with Crippen LogP contribution in [0.3, 0.4) is 0 Å². The molecule has 0 spiro atoms. The van der Waals surface area contributed by atoms with Gasteiger partial charge in [-0.1, -0.05) is 24.3 Å². The van der Waals surface area contributed by atoms with Crippen molar-refractivity contribution in [2.75, 3.05) is 5.73 Å². The molecule has 98 valence electrons. The van der Waals surface area contributed by atoms with Crippen LogP contribution in [0.25, 0.3) is 0 Å². The Hall–Kier alpha value is -2.56. The second-order valence-corrected chi connectivity index (χ2v) is 4.28. The fraction of sp³-hybridized carbons (Fsp3) is 0.143. The average molecular weight is 258 g/mol. The zero-order valence-electron chi connectivity index (χ0n) is 10.2. The van der Waals surface area contributed by atoms with Gasteiger partial charge in [0.15, 0.2) is 0 Å². The van der Waals surface area contributed by atoms with Crippen LogP contribution in [0.4, 0.5) is 5.69 Å². The molecule has 2 rings (SSSR count). The molecule has 19 heavy (non-hydrogen) atoms. The van der Waals surface area contributed by atoms with Crippen molar-refractivity contribution in [1.82, 2.24) is 4.57 Å². The summed E-state index contributed by atoms with van der Waals surface area (Å²) in [6.07, 6.45) is 3.17. The first-order valence-electron chi connectivity index (χ1n) is 5.80. The molecule has 2 aromatic rings. The number of nitrogens with zero attached hydrogens (tertiary/aromatic N) is 1. The van der Waals surface area contributed by atoms with Gasteiger partial charge in [-0.05, 0) is 11.1 Å². The molecule has 0 aliphatic heterocycles. The fourth-order valence-electron chi connectivity index (χ4n) is 1.89. The van der Waals surface area contributed by atoms with Crippen molar-refractivity contribution in [2.45, 2.75) is 13.0 Å². The molecule has 1 aromatic heterocycles. The molecular formula is C14H14N2O3. The summed E-state index contributed by atoms with van der Waals surface area (Å²) in [5, 5.41) is 8.87. The Bertz CT molecular complexity index is 662. The molecule has 1 aromatic carbocycles. The molecule has 0 saturated carbocycles. The van der Waals surface area contributed by atoms with Gasteiger partial charge < -0.3 is 15.4 Å². The minimum absolute atomic E-state index is 0.0220. The zero-order valence-corrected chi connectivity index (χ0v) is 10.2. The van der Waals surface area contributed by atoms with E-state index in [1.54, 1.807) is 23.0 Å². The summed E-state index contributed by atoms with van der Waals surface area (Å²) >= 11 is 0. The van der Waals surface area contributed by atoms with E-state index in [9.17, 15) is 9.59 Å². The highest BCUT2D eigenvalue weighted by Gasteiger charge is 2.06. The number of carboxylic acids is 1. The van der Waals surface area contributed by atoms with Crippen LogP contribution in [0.2, 0.25) is 0 Å². The lowest BCUT2D eigenvalue weighted by molar-refractivity contribution is -0.136. The SMILES string of the molecule is Nc1cn(Cc2ccccc2CC(=O)O)ccc1=O. The van der Waals surface area contributed by atoms with Crippen LogP contribution >= 0.6 is 0 Å². The molecule has 1 heterocycles. The number of anilines is 1. The molecule has 0 unspecified atom stereocenters. The third kappa shape index (κ3) is 3.22. The topological polar surface area (TPSA) is 85.3 Å². The fourth-order valence-corrected chi connectivity index (χ4v) is 1.89. The van der Waals surface area contributed by atoms with Gasteiger partial charge in [-0.25, -0.2) is 0 Å². The Morgan fingerprint density at radius 3 is 2.53 bits per heavy atom. The van der Waals surface area contributed by atoms with E-state index in [1.807, 2.05) is 18.2 Å². The normalized spacial score (nSPS) is 10.3. The number of nitrogens with two attached hydrogens (primary N) is 1. The quantitative estimate of drug-likeness (QED) is 0.860. The number of aromatic nitrogens is 1. The number of hydrogen-bond acceptors (Lipinski definition) is 3. The minimum atomic E-state index is -0.869. The van der Waals surface area contributed by atoms with Gasteiger partial charge in [0.25, 0.3) is 0 Å². The maximum atomic E-state index is 11.2. The van der Waals surface area contributed by atoms with Gasteiger partial charge in [-0.2, -0.15) is 0 Å². The monoisotopic (exact) mass is 258 g/mol. The van der Waals surface area contributed by atoms with Crippen molar-refractivity contribution in [1.29, 1.82) is 0 Å². The Balaban J connectivity index is 2.29. The van der Waals surface area contributed by atoms with E-state index >= 15 is 0 Å². The number of nitrogen functional groups attached to an aromatic ring is 1. The largest absolute Gasteiger partial charge is 0.481 e. The Kier molecular flexibility index (Phi) is 3.66. The summed E-state index contributed by atoms with van der Waals surface area (Å²) in [6, 6.07) is 8.71. The highest BCUT2D eigenvalue weighted by atomic mass is 16.4. The van der Waals surface area contributed by atoms with Crippen molar-refractivity contribution < 1.29 is 9.90 Å². The molecule has 0 radical (unpaired) electrons. The van der Waals surface area contributed by atoms with E-state index in [0.717, 1.165) is 11.1 Å². The Labute approximate surface area is 109 Å². The molecule has 0 fully saturated rings. The van der Waals surface area contributed by atoms with Crippen molar-refractivity contribution in [2.24, 2.45) is 0 Å². The third-order valence-electron chi connectivity index (χ3n) is 2.82. The van der Waals surface area contributed by atoms with Gasteiger partial charge in [-0.15, -0.1) is 0 Å². The van der Waals surface area contributed by atoms with E-state index in [4.69, 9.17) is 10.8 Å². The standard InChI is InChI=1S/C14H14N2O3/c15-12-9-16(6-5-13(12)17)8-11-4-2-1-3-10(11)7-14(18)19/h1-6,9H,7-8,15H2,(H,18,19). The molecule has 0 atom stereocenters. The number of benzene rings is 1. The van der Waals surface area contributed by atoms with Gasteiger partial charge in [-0.3, -0.25) is 9.59 Å². The molecule has 0 bridgehead atoms. The lowest BCUT2D eigenvalue weighted by Gasteiger charge is -2.11. The first kappa shape index (κ1) is 12.9. The Morgan fingerprint density at radius 2 is 1.89 bits per heavy atom. The minimum Gasteiger partial charge on any atom is -0.481 e. The molecule has 0 amide bonds. The van der Waals surface area contributed by atoms with E-state index in [2.05, 4.69) is 0 Å². The van der Waals surface area contributed by atoms with Gasteiger partial charge in [0, 0.05) is 25.0 Å². The number of carbonyl (C=O) groups is 1. The first-order valence-corrected chi connectivity index (χ1v) is 5.80. The van der Waals surface area contributed by atoms with Crippen molar-refractivity contribution in [3.63, 3.8) is 0 Å². The number of hydrogen-bond donors (Lipinski definition) is 2. The maximum absolute atomic E-state index is 11.2. The van der Waals surface area contributed by atoms with Gasteiger partial charge in [0.2, 0.25) is 5.43 Å². The predicted molar refractivity (Wildman–Crippen MR) is 72.0 cm³/mol. The van der Waals surface area contributed by atoms with Gasteiger partial charge in [0.1, 0.15) is 0 Å². The van der Waals surface area contributed by atoms with Gasteiger partial charge >= 0.3 is 5.97 Å². The van der Waals surface area contributed by atoms with E-state index < -0.39 is 5.97 Å². The summed E-state index contributed by atoms with van der Waals surface area (Å²) in [6.45, 7) is 0.480. The van der Waals surface area contributed by atoms with Crippen LogP contribution in [-0.4, -0.2) is 15.6 Å². The van der Waals surface area contributed by atoms with E-state index in [0.29, 0.717) is 6.54 Å². The molecule has 0 aliphatic rings. The summed E-state index contributed by atoms with van der Waals surface area (Å²) in [7, 11) is 0. The first-order chi connectivity index (χ1) is 9.06. The summed E-state index contributed by atoms with van der Waals surface area (Å²) in [5.74, 6) is -0.869. The molecule has 3 N–H and O–H groups in total. The van der Waals surface area contributed by atoms with E-state index in [1.165, 1.54) is 6.07 Å². The lowest BCUT2D eigenvalue weighted by Crippen LogP contribution is -2.12.